The third-order valence-corrected chi connectivity index (χ3v) is 4.75. The lowest BCUT2D eigenvalue weighted by molar-refractivity contribution is -0.119. The van der Waals surface area contributed by atoms with Gasteiger partial charge < -0.3 is 10.2 Å². The molecule has 4 rings (SSSR count). The lowest BCUT2D eigenvalue weighted by atomic mass is 10.1. The van der Waals surface area contributed by atoms with Crippen molar-refractivity contribution in [2.75, 3.05) is 16.8 Å². The van der Waals surface area contributed by atoms with Crippen LogP contribution in [0.3, 0.4) is 0 Å². The summed E-state index contributed by atoms with van der Waals surface area (Å²) >= 11 is 0. The predicted octanol–water partition coefficient (Wildman–Crippen LogP) is 4.61. The topological polar surface area (TPSA) is 49.4 Å². The van der Waals surface area contributed by atoms with Crippen LogP contribution in [-0.4, -0.2) is 18.4 Å². The Kier molecular flexibility index (Phi) is 4.40. The van der Waals surface area contributed by atoms with E-state index in [0.717, 1.165) is 35.8 Å². The first-order valence-corrected chi connectivity index (χ1v) is 8.91. The van der Waals surface area contributed by atoms with E-state index in [1.807, 2.05) is 66.7 Å². The van der Waals surface area contributed by atoms with Gasteiger partial charge in [0, 0.05) is 29.9 Å². The molecular weight excluding hydrogens is 324 g/mol. The summed E-state index contributed by atoms with van der Waals surface area (Å²) in [5, 5.41) is 5.08. The molecule has 0 aromatic heterocycles. The molecule has 1 heterocycles. The Bertz CT molecular complexity index is 981. The van der Waals surface area contributed by atoms with Gasteiger partial charge in [-0.3, -0.25) is 9.59 Å². The molecule has 0 bridgehead atoms. The van der Waals surface area contributed by atoms with Gasteiger partial charge in [-0.15, -0.1) is 0 Å². The quantitative estimate of drug-likeness (QED) is 0.754. The van der Waals surface area contributed by atoms with Crippen molar-refractivity contribution in [2.45, 2.75) is 19.3 Å². The highest BCUT2D eigenvalue weighted by Gasteiger charge is 2.19. The number of nitrogens with one attached hydrogen (secondary N) is 1. The second kappa shape index (κ2) is 7.00. The van der Waals surface area contributed by atoms with Crippen molar-refractivity contribution in [1.82, 2.24) is 0 Å². The number of rotatable bonds is 3. The molecule has 4 nitrogen and oxygen atoms in total. The summed E-state index contributed by atoms with van der Waals surface area (Å²) in [6, 6.07) is 21.1. The molecule has 1 fully saturated rings. The molecule has 3 aromatic carbocycles. The second-order valence-corrected chi connectivity index (χ2v) is 6.57. The molecule has 130 valence electrons. The minimum absolute atomic E-state index is 0.147. The lowest BCUT2D eigenvalue weighted by Crippen LogP contribution is -2.35. The largest absolute Gasteiger partial charge is 0.322 e. The minimum atomic E-state index is -0.155. The molecule has 4 heteroatoms. The van der Waals surface area contributed by atoms with Crippen LogP contribution in [-0.2, 0) is 4.79 Å². The van der Waals surface area contributed by atoms with Crippen molar-refractivity contribution in [2.24, 2.45) is 0 Å². The number of amides is 2. The maximum atomic E-state index is 12.6. The minimum Gasteiger partial charge on any atom is -0.322 e. The maximum Gasteiger partial charge on any atom is 0.255 e. The molecule has 1 aliphatic rings. The highest BCUT2D eigenvalue weighted by molar-refractivity contribution is 6.06. The van der Waals surface area contributed by atoms with E-state index in [9.17, 15) is 9.59 Å². The molecule has 3 aromatic rings. The molecule has 1 aliphatic heterocycles. The Balaban J connectivity index is 1.55. The van der Waals surface area contributed by atoms with E-state index in [1.165, 1.54) is 0 Å². The van der Waals surface area contributed by atoms with E-state index in [0.29, 0.717) is 17.7 Å². The molecule has 0 atom stereocenters. The number of hydrogen-bond donors (Lipinski definition) is 1. The summed E-state index contributed by atoms with van der Waals surface area (Å²) in [6.07, 6.45) is 2.56. The molecule has 26 heavy (non-hydrogen) atoms. The van der Waals surface area contributed by atoms with Crippen molar-refractivity contribution in [1.29, 1.82) is 0 Å². The molecule has 2 amide bonds. The molecule has 0 aliphatic carbocycles. The van der Waals surface area contributed by atoms with E-state index in [1.54, 1.807) is 4.90 Å². The third-order valence-electron chi connectivity index (χ3n) is 4.75. The Morgan fingerprint density at radius 1 is 0.885 bits per heavy atom. The molecule has 1 N–H and O–H groups in total. The fourth-order valence-electron chi connectivity index (χ4n) is 3.36. The summed E-state index contributed by atoms with van der Waals surface area (Å²) in [4.78, 5) is 26.5. The number of fused-ring (bicyclic) bond motifs is 1. The first-order valence-electron chi connectivity index (χ1n) is 8.91. The molecule has 0 unspecified atom stereocenters. The van der Waals surface area contributed by atoms with Gasteiger partial charge in [-0.1, -0.05) is 36.4 Å². The Morgan fingerprint density at radius 3 is 2.58 bits per heavy atom. The van der Waals surface area contributed by atoms with Crippen LogP contribution in [0, 0.1) is 0 Å². The van der Waals surface area contributed by atoms with Gasteiger partial charge in [0.2, 0.25) is 5.91 Å². The SMILES string of the molecule is O=C(Nc1cccc(N2CCCCC2=O)c1)c1ccc2ccccc2c1. The Morgan fingerprint density at radius 2 is 1.73 bits per heavy atom. The van der Waals surface area contributed by atoms with Crippen LogP contribution in [0.15, 0.2) is 66.7 Å². The van der Waals surface area contributed by atoms with Crippen molar-refractivity contribution < 1.29 is 9.59 Å². The van der Waals surface area contributed by atoms with Crippen molar-refractivity contribution in [3.8, 4) is 0 Å². The van der Waals surface area contributed by atoms with E-state index in [2.05, 4.69) is 5.32 Å². The third kappa shape index (κ3) is 3.31. The zero-order valence-corrected chi connectivity index (χ0v) is 14.4. The number of carbonyl (C=O) groups excluding carboxylic acids is 2. The molecular formula is C22H20N2O2. The first kappa shape index (κ1) is 16.3. The highest BCUT2D eigenvalue weighted by atomic mass is 16.2. The van der Waals surface area contributed by atoms with Gasteiger partial charge in [0.1, 0.15) is 0 Å². The summed E-state index contributed by atoms with van der Waals surface area (Å²) < 4.78 is 0. The normalized spacial score (nSPS) is 14.5. The Hall–Kier alpha value is -3.14. The van der Waals surface area contributed by atoms with Gasteiger partial charge >= 0.3 is 0 Å². The molecule has 0 radical (unpaired) electrons. The number of anilines is 2. The molecule has 0 saturated carbocycles. The van der Waals surface area contributed by atoms with Crippen LogP contribution in [0.4, 0.5) is 11.4 Å². The van der Waals surface area contributed by atoms with Gasteiger partial charge in [0.25, 0.3) is 5.91 Å². The first-order chi connectivity index (χ1) is 12.7. The Labute approximate surface area is 152 Å². The smallest absolute Gasteiger partial charge is 0.255 e. The summed E-state index contributed by atoms with van der Waals surface area (Å²) in [5.41, 5.74) is 2.15. The zero-order valence-electron chi connectivity index (χ0n) is 14.4. The van der Waals surface area contributed by atoms with Crippen molar-refractivity contribution >= 4 is 34.0 Å². The summed E-state index contributed by atoms with van der Waals surface area (Å²) in [6.45, 7) is 0.737. The fraction of sp³-hybridized carbons (Fsp3) is 0.182. The van der Waals surface area contributed by atoms with Gasteiger partial charge in [-0.2, -0.15) is 0 Å². The van der Waals surface area contributed by atoms with Crippen LogP contribution < -0.4 is 10.2 Å². The van der Waals surface area contributed by atoms with E-state index >= 15 is 0 Å². The van der Waals surface area contributed by atoms with Gasteiger partial charge in [0.05, 0.1) is 0 Å². The second-order valence-electron chi connectivity index (χ2n) is 6.57. The van der Waals surface area contributed by atoms with Crippen molar-refractivity contribution in [3.63, 3.8) is 0 Å². The van der Waals surface area contributed by atoms with Crippen LogP contribution >= 0.6 is 0 Å². The number of piperidine rings is 1. The van der Waals surface area contributed by atoms with E-state index in [4.69, 9.17) is 0 Å². The van der Waals surface area contributed by atoms with Gasteiger partial charge in [-0.05, 0) is 53.9 Å². The van der Waals surface area contributed by atoms with Crippen LogP contribution in [0.5, 0.6) is 0 Å². The van der Waals surface area contributed by atoms with E-state index in [-0.39, 0.29) is 11.8 Å². The average Bonchev–Trinajstić information content (AvgIpc) is 2.68. The maximum absolute atomic E-state index is 12.6. The number of benzene rings is 3. The predicted molar refractivity (Wildman–Crippen MR) is 105 cm³/mol. The lowest BCUT2D eigenvalue weighted by Gasteiger charge is -2.27. The summed E-state index contributed by atoms with van der Waals surface area (Å²) in [7, 11) is 0. The fourth-order valence-corrected chi connectivity index (χ4v) is 3.36. The van der Waals surface area contributed by atoms with E-state index < -0.39 is 0 Å². The number of carbonyl (C=O) groups is 2. The van der Waals surface area contributed by atoms with Crippen LogP contribution in [0.2, 0.25) is 0 Å². The molecule has 0 spiro atoms. The summed E-state index contributed by atoms with van der Waals surface area (Å²) in [5.74, 6) is -0.00729. The monoisotopic (exact) mass is 344 g/mol. The number of hydrogen-bond acceptors (Lipinski definition) is 2. The van der Waals surface area contributed by atoms with Crippen LogP contribution in [0.1, 0.15) is 29.6 Å². The van der Waals surface area contributed by atoms with Gasteiger partial charge in [-0.25, -0.2) is 0 Å². The van der Waals surface area contributed by atoms with Crippen LogP contribution in [0.25, 0.3) is 10.8 Å². The standard InChI is InChI=1S/C22H20N2O2/c25-21-10-3-4-13-24(21)20-9-5-8-19(15-20)23-22(26)18-12-11-16-6-1-2-7-17(16)14-18/h1-2,5-9,11-12,14-15H,3-4,10,13H2,(H,23,26). The van der Waals surface area contributed by atoms with Gasteiger partial charge in [0.15, 0.2) is 0 Å². The average molecular weight is 344 g/mol. The molecule has 1 saturated heterocycles. The highest BCUT2D eigenvalue weighted by Crippen LogP contribution is 2.24. The van der Waals surface area contributed by atoms with Crippen molar-refractivity contribution in [3.05, 3.63) is 72.3 Å². The number of nitrogens with zero attached hydrogens (tertiary/aromatic N) is 1. The zero-order chi connectivity index (χ0) is 17.9.